The molecule has 0 saturated heterocycles. The van der Waals surface area contributed by atoms with Gasteiger partial charge in [0, 0.05) is 37.3 Å². The standard InChI is InChI=1S/C22H24BN7O3/c1-13-10-17-16(19(24)31)8-5-9-18(17)30(13)22-26-20(21(27-28-22)29(2)3)25-12-14-6-4-7-15(11-14)23(32)33/h4-11,32-33H,12H2,1-3H3,(H2,24,31)(H,25,26,28). The zero-order chi connectivity index (χ0) is 23.7. The summed E-state index contributed by atoms with van der Waals surface area (Å²) in [4.78, 5) is 18.4. The van der Waals surface area contributed by atoms with Crippen molar-refractivity contribution in [1.29, 1.82) is 0 Å². The lowest BCUT2D eigenvalue weighted by Gasteiger charge is -2.17. The van der Waals surface area contributed by atoms with Crippen LogP contribution in [0.1, 0.15) is 21.6 Å². The van der Waals surface area contributed by atoms with Gasteiger partial charge in [-0.2, -0.15) is 4.98 Å². The van der Waals surface area contributed by atoms with E-state index in [0.29, 0.717) is 35.2 Å². The van der Waals surface area contributed by atoms with Gasteiger partial charge in [0.2, 0.25) is 5.91 Å². The number of rotatable bonds is 7. The number of hydrogen-bond acceptors (Lipinski definition) is 8. The highest BCUT2D eigenvalue weighted by molar-refractivity contribution is 6.58. The van der Waals surface area contributed by atoms with Crippen LogP contribution in [0.25, 0.3) is 16.9 Å². The molecule has 2 heterocycles. The molecule has 4 aromatic rings. The highest BCUT2D eigenvalue weighted by atomic mass is 16.4. The number of nitrogens with zero attached hydrogens (tertiary/aromatic N) is 5. The molecule has 0 radical (unpaired) electrons. The van der Waals surface area contributed by atoms with E-state index in [-0.39, 0.29) is 0 Å². The average Bonchev–Trinajstić information content (AvgIpc) is 3.13. The molecule has 10 nitrogen and oxygen atoms in total. The summed E-state index contributed by atoms with van der Waals surface area (Å²) in [7, 11) is 2.15. The molecule has 0 aliphatic rings. The first-order valence-electron chi connectivity index (χ1n) is 10.3. The van der Waals surface area contributed by atoms with Crippen molar-refractivity contribution < 1.29 is 14.8 Å². The van der Waals surface area contributed by atoms with E-state index < -0.39 is 13.0 Å². The summed E-state index contributed by atoms with van der Waals surface area (Å²) in [5.74, 6) is 0.894. The lowest BCUT2D eigenvalue weighted by molar-refractivity contribution is 0.100. The third-order valence-electron chi connectivity index (χ3n) is 5.29. The number of benzene rings is 2. The maximum Gasteiger partial charge on any atom is 0.488 e. The molecule has 0 aliphatic heterocycles. The first-order valence-corrected chi connectivity index (χ1v) is 10.3. The third-order valence-corrected chi connectivity index (χ3v) is 5.29. The molecule has 33 heavy (non-hydrogen) atoms. The third kappa shape index (κ3) is 4.36. The van der Waals surface area contributed by atoms with Crippen LogP contribution in [0, 0.1) is 6.92 Å². The highest BCUT2D eigenvalue weighted by Gasteiger charge is 2.18. The number of aromatic nitrogens is 4. The lowest BCUT2D eigenvalue weighted by atomic mass is 9.80. The van der Waals surface area contributed by atoms with Gasteiger partial charge in [-0.25, -0.2) is 0 Å². The second-order valence-electron chi connectivity index (χ2n) is 7.87. The summed E-state index contributed by atoms with van der Waals surface area (Å²) in [6.07, 6.45) is 0. The monoisotopic (exact) mass is 445 g/mol. The quantitative estimate of drug-likeness (QED) is 0.303. The van der Waals surface area contributed by atoms with Crippen molar-refractivity contribution in [3.63, 3.8) is 0 Å². The Balaban J connectivity index is 1.74. The normalized spacial score (nSPS) is 10.9. The first kappa shape index (κ1) is 22.2. The van der Waals surface area contributed by atoms with E-state index in [0.717, 1.165) is 22.2 Å². The maximum atomic E-state index is 11.9. The molecule has 1 amide bonds. The molecular formula is C22H24BN7O3. The fourth-order valence-corrected chi connectivity index (χ4v) is 3.72. The molecule has 5 N–H and O–H groups in total. The van der Waals surface area contributed by atoms with Crippen LogP contribution in [0.3, 0.4) is 0 Å². The van der Waals surface area contributed by atoms with Crippen LogP contribution in [0.2, 0.25) is 0 Å². The van der Waals surface area contributed by atoms with Crippen molar-refractivity contribution in [1.82, 2.24) is 19.7 Å². The predicted octanol–water partition coefficient (Wildman–Crippen LogP) is 0.581. The van der Waals surface area contributed by atoms with Gasteiger partial charge in [0.1, 0.15) is 0 Å². The Bertz CT molecular complexity index is 1340. The minimum atomic E-state index is -1.54. The van der Waals surface area contributed by atoms with Gasteiger partial charge in [0.25, 0.3) is 5.95 Å². The molecular weight excluding hydrogens is 421 g/mol. The van der Waals surface area contributed by atoms with E-state index >= 15 is 0 Å². The van der Waals surface area contributed by atoms with Gasteiger partial charge < -0.3 is 26.0 Å². The minimum Gasteiger partial charge on any atom is -0.423 e. The summed E-state index contributed by atoms with van der Waals surface area (Å²) in [5.41, 5.74) is 8.80. The minimum absolute atomic E-state index is 0.344. The smallest absolute Gasteiger partial charge is 0.423 e. The largest absolute Gasteiger partial charge is 0.488 e. The summed E-state index contributed by atoms with van der Waals surface area (Å²) >= 11 is 0. The van der Waals surface area contributed by atoms with Crippen molar-refractivity contribution in [3.8, 4) is 5.95 Å². The van der Waals surface area contributed by atoms with Gasteiger partial charge in [-0.3, -0.25) is 9.36 Å². The number of anilines is 2. The zero-order valence-electron chi connectivity index (χ0n) is 18.5. The molecule has 0 fully saturated rings. The Kier molecular flexibility index (Phi) is 5.99. The molecule has 168 valence electrons. The van der Waals surface area contributed by atoms with Crippen LogP contribution in [-0.4, -0.2) is 56.9 Å². The fraction of sp³-hybridized carbons (Fsp3) is 0.182. The van der Waals surface area contributed by atoms with E-state index in [9.17, 15) is 14.8 Å². The molecule has 0 bridgehead atoms. The predicted molar refractivity (Wildman–Crippen MR) is 128 cm³/mol. The molecule has 11 heteroatoms. The number of carbonyl (C=O) groups is 1. The highest BCUT2D eigenvalue weighted by Crippen LogP contribution is 2.27. The number of nitrogens with two attached hydrogens (primary N) is 1. The SMILES string of the molecule is Cc1cc2c(C(N)=O)cccc2n1-c1nnc(N(C)C)c(NCc2cccc(B(O)O)c2)n1. The van der Waals surface area contributed by atoms with Crippen LogP contribution >= 0.6 is 0 Å². The lowest BCUT2D eigenvalue weighted by Crippen LogP contribution is -2.30. The number of amides is 1. The summed E-state index contributed by atoms with van der Waals surface area (Å²) in [6, 6.07) is 14.2. The summed E-state index contributed by atoms with van der Waals surface area (Å²) in [5, 5.41) is 31.5. The number of fused-ring (bicyclic) bond motifs is 1. The Morgan fingerprint density at radius 2 is 1.91 bits per heavy atom. The topological polar surface area (TPSA) is 142 Å². The number of hydrogen-bond donors (Lipinski definition) is 4. The summed E-state index contributed by atoms with van der Waals surface area (Å²) < 4.78 is 1.82. The molecule has 0 spiro atoms. The molecule has 2 aromatic heterocycles. The van der Waals surface area contributed by atoms with Crippen LogP contribution < -0.4 is 21.4 Å². The van der Waals surface area contributed by atoms with Crippen molar-refractivity contribution in [2.45, 2.75) is 13.5 Å². The number of nitrogens with one attached hydrogen (secondary N) is 1. The van der Waals surface area contributed by atoms with Crippen LogP contribution in [0.5, 0.6) is 0 Å². The van der Waals surface area contributed by atoms with E-state index in [1.165, 1.54) is 0 Å². The van der Waals surface area contributed by atoms with Crippen molar-refractivity contribution >= 4 is 41.0 Å². The average molecular weight is 445 g/mol. The van der Waals surface area contributed by atoms with Gasteiger partial charge in [0.15, 0.2) is 11.6 Å². The van der Waals surface area contributed by atoms with Gasteiger partial charge in [-0.1, -0.05) is 30.3 Å². The zero-order valence-corrected chi connectivity index (χ0v) is 18.5. The van der Waals surface area contributed by atoms with E-state index in [1.807, 2.05) is 43.8 Å². The van der Waals surface area contributed by atoms with Gasteiger partial charge in [0.05, 0.1) is 5.52 Å². The van der Waals surface area contributed by atoms with E-state index in [2.05, 4.69) is 15.5 Å². The fourth-order valence-electron chi connectivity index (χ4n) is 3.72. The summed E-state index contributed by atoms with van der Waals surface area (Å²) in [6.45, 7) is 2.28. The van der Waals surface area contributed by atoms with E-state index in [1.54, 1.807) is 35.2 Å². The second-order valence-corrected chi connectivity index (χ2v) is 7.87. The number of aryl methyl sites for hydroxylation is 1. The van der Waals surface area contributed by atoms with Gasteiger partial charge >= 0.3 is 7.12 Å². The van der Waals surface area contributed by atoms with Gasteiger partial charge in [-0.15, -0.1) is 10.2 Å². The van der Waals surface area contributed by atoms with Crippen molar-refractivity contribution in [3.05, 3.63) is 65.4 Å². The molecule has 0 unspecified atom stereocenters. The molecule has 0 aliphatic carbocycles. The van der Waals surface area contributed by atoms with Crippen LogP contribution in [-0.2, 0) is 6.54 Å². The molecule has 0 saturated carbocycles. The van der Waals surface area contributed by atoms with E-state index in [4.69, 9.17) is 10.7 Å². The van der Waals surface area contributed by atoms with Crippen molar-refractivity contribution in [2.24, 2.45) is 5.73 Å². The molecule has 4 rings (SSSR count). The molecule has 0 atom stereocenters. The Morgan fingerprint density at radius 3 is 2.61 bits per heavy atom. The van der Waals surface area contributed by atoms with Crippen LogP contribution in [0.15, 0.2) is 48.5 Å². The van der Waals surface area contributed by atoms with Crippen molar-refractivity contribution in [2.75, 3.05) is 24.3 Å². The Hall–Kier alpha value is -3.96. The number of carbonyl (C=O) groups excluding carboxylic acids is 1. The maximum absolute atomic E-state index is 11.9. The second kappa shape index (κ2) is 8.89. The molecule has 2 aromatic carbocycles. The van der Waals surface area contributed by atoms with Crippen LogP contribution in [0.4, 0.5) is 11.6 Å². The Morgan fingerprint density at radius 1 is 1.15 bits per heavy atom. The first-order chi connectivity index (χ1) is 15.8. The number of primary amides is 1. The Labute approximate surface area is 190 Å². The van der Waals surface area contributed by atoms with Gasteiger partial charge in [-0.05, 0) is 36.1 Å².